The highest BCUT2D eigenvalue weighted by atomic mass is 16.5. The fourth-order valence-electron chi connectivity index (χ4n) is 1.28. The predicted molar refractivity (Wildman–Crippen MR) is 58.7 cm³/mol. The summed E-state index contributed by atoms with van der Waals surface area (Å²) in [5.41, 5.74) is -0.612. The van der Waals surface area contributed by atoms with Crippen LogP contribution in [-0.4, -0.2) is 29.2 Å². The fourth-order valence-corrected chi connectivity index (χ4v) is 1.28. The van der Waals surface area contributed by atoms with E-state index in [9.17, 15) is 14.4 Å². The van der Waals surface area contributed by atoms with E-state index in [1.165, 1.54) is 20.2 Å². The molecule has 0 saturated carbocycles. The topological polar surface area (TPSA) is 90.4 Å². The molecule has 1 rings (SSSR count). The molecule has 0 atom stereocenters. The van der Waals surface area contributed by atoms with E-state index in [-0.39, 0.29) is 19.8 Å². The van der Waals surface area contributed by atoms with Crippen LogP contribution in [0.15, 0.2) is 15.8 Å². The number of rotatable bonds is 5. The van der Waals surface area contributed by atoms with Gasteiger partial charge in [-0.2, -0.15) is 0 Å². The van der Waals surface area contributed by atoms with E-state index in [1.807, 2.05) is 0 Å². The molecule has 0 saturated heterocycles. The van der Waals surface area contributed by atoms with Crippen molar-refractivity contribution in [3.8, 4) is 0 Å². The van der Waals surface area contributed by atoms with Gasteiger partial charge in [0, 0.05) is 32.2 Å². The number of esters is 1. The number of hydrogen-bond acceptors (Lipinski definition) is 5. The number of carbonyl (C=O) groups is 1. The molecule has 1 aromatic rings. The van der Waals surface area contributed by atoms with Gasteiger partial charge in [0.25, 0.3) is 5.56 Å². The third-order valence-corrected chi connectivity index (χ3v) is 2.07. The largest absolute Gasteiger partial charge is 0.466 e. The van der Waals surface area contributed by atoms with E-state index < -0.39 is 17.2 Å². The normalized spacial score (nSPS) is 10.2. The molecular formula is C10H14N2O5. The van der Waals surface area contributed by atoms with Crippen molar-refractivity contribution in [1.82, 2.24) is 9.55 Å². The Morgan fingerprint density at radius 3 is 2.76 bits per heavy atom. The number of ether oxygens (including phenoxy) is 2. The molecule has 1 N–H and O–H groups in total. The smallest absolute Gasteiger partial charge is 0.330 e. The Bertz CT molecular complexity index is 502. The molecule has 0 spiro atoms. The van der Waals surface area contributed by atoms with Crippen molar-refractivity contribution in [2.75, 3.05) is 13.7 Å². The van der Waals surface area contributed by atoms with Crippen LogP contribution < -0.4 is 11.2 Å². The molecule has 17 heavy (non-hydrogen) atoms. The number of nitrogens with zero attached hydrogens (tertiary/aromatic N) is 1. The second kappa shape index (κ2) is 6.00. The highest BCUT2D eigenvalue weighted by Crippen LogP contribution is 1.90. The van der Waals surface area contributed by atoms with Gasteiger partial charge in [-0.15, -0.1) is 0 Å². The second-order valence-corrected chi connectivity index (χ2v) is 3.36. The molecule has 1 aromatic heterocycles. The minimum atomic E-state index is -0.534. The van der Waals surface area contributed by atoms with Gasteiger partial charge in [0.15, 0.2) is 0 Å². The lowest BCUT2D eigenvalue weighted by Gasteiger charge is -2.05. The highest BCUT2D eigenvalue weighted by Gasteiger charge is 2.07. The molecule has 0 radical (unpaired) electrons. The van der Waals surface area contributed by atoms with Crippen molar-refractivity contribution in [1.29, 1.82) is 0 Å². The van der Waals surface area contributed by atoms with Gasteiger partial charge < -0.3 is 14.5 Å². The summed E-state index contributed by atoms with van der Waals surface area (Å²) < 4.78 is 10.4. The van der Waals surface area contributed by atoms with Crippen molar-refractivity contribution < 1.29 is 14.3 Å². The molecule has 1 heterocycles. The van der Waals surface area contributed by atoms with Gasteiger partial charge in [-0.25, -0.2) is 9.36 Å². The molecule has 0 fully saturated rings. The van der Waals surface area contributed by atoms with E-state index in [1.54, 1.807) is 0 Å². The summed E-state index contributed by atoms with van der Waals surface area (Å²) >= 11 is 0. The van der Waals surface area contributed by atoms with Gasteiger partial charge in [0.05, 0.1) is 6.61 Å². The minimum Gasteiger partial charge on any atom is -0.466 e. The van der Waals surface area contributed by atoms with Crippen LogP contribution in [0, 0.1) is 0 Å². The summed E-state index contributed by atoms with van der Waals surface area (Å²) in [7, 11) is 1.39. The van der Waals surface area contributed by atoms with Crippen molar-refractivity contribution in [3.05, 3.63) is 32.6 Å². The molecule has 0 aliphatic heterocycles. The number of hydrogen-bond donors (Lipinski definition) is 1. The van der Waals surface area contributed by atoms with Crippen LogP contribution >= 0.6 is 0 Å². The van der Waals surface area contributed by atoms with Crippen molar-refractivity contribution in [3.63, 3.8) is 0 Å². The molecule has 0 unspecified atom stereocenters. The van der Waals surface area contributed by atoms with Gasteiger partial charge in [0.2, 0.25) is 0 Å². The molecule has 0 aliphatic rings. The zero-order valence-electron chi connectivity index (χ0n) is 9.69. The quantitative estimate of drug-likeness (QED) is 0.686. The molecule has 0 amide bonds. The summed E-state index contributed by atoms with van der Waals surface area (Å²) in [4.78, 5) is 36.1. The zero-order chi connectivity index (χ0) is 12.8. The Morgan fingerprint density at radius 1 is 1.47 bits per heavy atom. The Balaban J connectivity index is 2.87. The van der Waals surface area contributed by atoms with Gasteiger partial charge in [0.1, 0.15) is 6.73 Å². The number of H-pyrrole nitrogens is 1. The number of methoxy groups -OCH3 is 1. The lowest BCUT2D eigenvalue weighted by molar-refractivity contribution is -0.140. The molecule has 0 aromatic carbocycles. The third kappa shape index (κ3) is 3.56. The lowest BCUT2D eigenvalue weighted by atomic mass is 10.2. The molecule has 94 valence electrons. The van der Waals surface area contributed by atoms with Gasteiger partial charge in [-0.05, 0) is 0 Å². The summed E-state index contributed by atoms with van der Waals surface area (Å²) in [6.45, 7) is 1.27. The van der Waals surface area contributed by atoms with Crippen LogP contribution in [0.25, 0.3) is 0 Å². The number of aromatic nitrogens is 2. The average molecular weight is 242 g/mol. The predicted octanol–water partition coefficient (Wildman–Crippen LogP) is -0.754. The number of nitrogens with one attached hydrogen (secondary N) is 1. The maximum Gasteiger partial charge on any atom is 0.330 e. The van der Waals surface area contributed by atoms with E-state index in [4.69, 9.17) is 9.47 Å². The molecule has 0 aliphatic carbocycles. The van der Waals surface area contributed by atoms with Crippen LogP contribution in [0.3, 0.4) is 0 Å². The molecular weight excluding hydrogens is 228 g/mol. The van der Waals surface area contributed by atoms with E-state index >= 15 is 0 Å². The SMILES string of the molecule is COCn1c(=O)[nH]cc(CCOC(C)=O)c1=O. The monoisotopic (exact) mass is 242 g/mol. The standard InChI is InChI=1S/C10H14N2O5/c1-7(13)17-4-3-8-5-11-10(15)12(6-16-2)9(8)14/h5H,3-4,6H2,1-2H3,(H,11,15). The maximum atomic E-state index is 11.8. The van der Waals surface area contributed by atoms with E-state index in [0.29, 0.717) is 5.56 Å². The number of carbonyl (C=O) groups excluding carboxylic acids is 1. The number of aromatic amines is 1. The van der Waals surface area contributed by atoms with E-state index in [0.717, 1.165) is 4.57 Å². The van der Waals surface area contributed by atoms with Crippen molar-refractivity contribution in [2.24, 2.45) is 0 Å². The van der Waals surface area contributed by atoms with Crippen LogP contribution in [0.1, 0.15) is 12.5 Å². The average Bonchev–Trinajstić information content (AvgIpc) is 2.27. The summed E-state index contributed by atoms with van der Waals surface area (Å²) in [6.07, 6.45) is 1.57. The van der Waals surface area contributed by atoms with Crippen LogP contribution in [0.2, 0.25) is 0 Å². The molecule has 0 bridgehead atoms. The summed E-state index contributed by atoms with van der Waals surface area (Å²) in [5, 5.41) is 0. The lowest BCUT2D eigenvalue weighted by Crippen LogP contribution is -2.37. The first-order valence-corrected chi connectivity index (χ1v) is 5.00. The first-order chi connectivity index (χ1) is 8.06. The molecule has 7 nitrogen and oxygen atoms in total. The van der Waals surface area contributed by atoms with Gasteiger partial charge in [-0.1, -0.05) is 0 Å². The van der Waals surface area contributed by atoms with E-state index in [2.05, 4.69) is 4.98 Å². The first-order valence-electron chi connectivity index (χ1n) is 5.00. The fraction of sp³-hybridized carbons (Fsp3) is 0.500. The third-order valence-electron chi connectivity index (χ3n) is 2.07. The Morgan fingerprint density at radius 2 is 2.18 bits per heavy atom. The maximum absolute atomic E-state index is 11.8. The van der Waals surface area contributed by atoms with Crippen LogP contribution in [0.5, 0.6) is 0 Å². The van der Waals surface area contributed by atoms with Crippen molar-refractivity contribution >= 4 is 5.97 Å². The summed E-state index contributed by atoms with van der Waals surface area (Å²) in [5.74, 6) is -0.411. The Hall–Kier alpha value is -1.89. The van der Waals surface area contributed by atoms with Crippen LogP contribution in [0.4, 0.5) is 0 Å². The molecule has 7 heteroatoms. The van der Waals surface area contributed by atoms with Crippen molar-refractivity contribution in [2.45, 2.75) is 20.1 Å². The van der Waals surface area contributed by atoms with Gasteiger partial charge in [-0.3, -0.25) is 9.59 Å². The second-order valence-electron chi connectivity index (χ2n) is 3.36. The van der Waals surface area contributed by atoms with Crippen LogP contribution in [-0.2, 0) is 27.4 Å². The first kappa shape index (κ1) is 13.2. The summed E-state index contributed by atoms with van der Waals surface area (Å²) in [6, 6.07) is 0. The van der Waals surface area contributed by atoms with Gasteiger partial charge >= 0.3 is 11.7 Å². The zero-order valence-corrected chi connectivity index (χ0v) is 9.69. The minimum absolute atomic E-state index is 0.101. The Labute approximate surface area is 97.0 Å². The Kier molecular flexibility index (Phi) is 4.65. The highest BCUT2D eigenvalue weighted by molar-refractivity contribution is 5.65.